The van der Waals surface area contributed by atoms with Crippen LogP contribution < -0.4 is 10.6 Å². The minimum absolute atomic E-state index is 0.131. The van der Waals surface area contributed by atoms with Gasteiger partial charge in [-0.2, -0.15) is 0 Å². The van der Waals surface area contributed by atoms with Crippen LogP contribution in [0.1, 0.15) is 43.9 Å². The van der Waals surface area contributed by atoms with Crippen LogP contribution in [-0.2, 0) is 25.5 Å². The molecule has 3 rings (SSSR count). The highest BCUT2D eigenvalue weighted by Crippen LogP contribution is 2.14. The maximum atomic E-state index is 13.1. The topological polar surface area (TPSA) is 122 Å². The Bertz CT molecular complexity index is 1400. The zero-order valence-corrected chi connectivity index (χ0v) is 23.3. The molecule has 41 heavy (non-hydrogen) atoms. The monoisotopic (exact) mass is 554 g/mol. The first-order valence-electron chi connectivity index (χ1n) is 13.1. The molecule has 0 spiro atoms. The number of carbonyl (C=O) groups is 4. The number of phenols is 1. The Labute approximate surface area is 239 Å². The molecule has 0 unspecified atom stereocenters. The van der Waals surface area contributed by atoms with Crippen molar-refractivity contribution in [2.75, 3.05) is 5.32 Å². The predicted octanol–water partition coefficient (Wildman–Crippen LogP) is 5.72. The number of rotatable bonds is 11. The standard InChI is InChI=1S/C33H34N2O6/c1-33(2,3)41-32(40)35-30(21-25-7-5-4-6-8-25)31(39)34-26-15-9-23(10-16-26)13-19-28(37)22-29(38)20-14-24-11-17-27(36)18-12-24/h4-20,30,36H,21-22H2,1-3H3,(H,34,39)(H,35,40)/b19-13+,20-14+/t30-/m0/s1. The van der Waals surface area contributed by atoms with Crippen LogP contribution in [0.3, 0.4) is 0 Å². The number of hydrogen-bond donors (Lipinski definition) is 3. The van der Waals surface area contributed by atoms with Gasteiger partial charge in [0.1, 0.15) is 17.4 Å². The quantitative estimate of drug-likeness (QED) is 0.206. The van der Waals surface area contributed by atoms with Crippen LogP contribution in [0, 0.1) is 0 Å². The summed E-state index contributed by atoms with van der Waals surface area (Å²) in [6, 6.07) is 21.6. The number of amides is 2. The maximum absolute atomic E-state index is 13.1. The number of ketones is 2. The second-order valence-electron chi connectivity index (χ2n) is 10.4. The summed E-state index contributed by atoms with van der Waals surface area (Å²) >= 11 is 0. The summed E-state index contributed by atoms with van der Waals surface area (Å²) < 4.78 is 5.33. The highest BCUT2D eigenvalue weighted by Gasteiger charge is 2.25. The van der Waals surface area contributed by atoms with Crippen molar-refractivity contribution in [2.45, 2.75) is 45.3 Å². The molecule has 0 radical (unpaired) electrons. The molecule has 8 nitrogen and oxygen atoms in total. The van der Waals surface area contributed by atoms with Crippen molar-refractivity contribution in [3.05, 3.63) is 108 Å². The number of benzene rings is 3. The Kier molecular flexibility index (Phi) is 10.7. The summed E-state index contributed by atoms with van der Waals surface area (Å²) in [7, 11) is 0. The van der Waals surface area contributed by atoms with Gasteiger partial charge in [0, 0.05) is 12.1 Å². The van der Waals surface area contributed by atoms with Crippen molar-refractivity contribution in [1.29, 1.82) is 0 Å². The van der Waals surface area contributed by atoms with E-state index >= 15 is 0 Å². The van der Waals surface area contributed by atoms with Crippen molar-refractivity contribution in [3.8, 4) is 5.75 Å². The lowest BCUT2D eigenvalue weighted by molar-refractivity contribution is -0.122. The lowest BCUT2D eigenvalue weighted by Gasteiger charge is -2.23. The molecule has 0 heterocycles. The minimum atomic E-state index is -0.870. The van der Waals surface area contributed by atoms with Crippen molar-refractivity contribution in [2.24, 2.45) is 0 Å². The fraction of sp³-hybridized carbons (Fsp3) is 0.212. The van der Waals surface area contributed by atoms with Gasteiger partial charge >= 0.3 is 6.09 Å². The van der Waals surface area contributed by atoms with Gasteiger partial charge in [-0.25, -0.2) is 4.79 Å². The van der Waals surface area contributed by atoms with Crippen LogP contribution in [0.25, 0.3) is 12.2 Å². The van der Waals surface area contributed by atoms with E-state index in [1.165, 1.54) is 24.3 Å². The third-order valence-electron chi connectivity index (χ3n) is 5.63. The largest absolute Gasteiger partial charge is 0.508 e. The molecule has 0 aromatic heterocycles. The van der Waals surface area contributed by atoms with Gasteiger partial charge < -0.3 is 20.5 Å². The lowest BCUT2D eigenvalue weighted by Crippen LogP contribution is -2.47. The van der Waals surface area contributed by atoms with Gasteiger partial charge in [-0.1, -0.05) is 66.7 Å². The molecule has 3 N–H and O–H groups in total. The molecule has 3 aromatic rings. The summed E-state index contributed by atoms with van der Waals surface area (Å²) in [5, 5.41) is 14.8. The average molecular weight is 555 g/mol. The van der Waals surface area contributed by atoms with E-state index in [9.17, 15) is 24.3 Å². The molecule has 0 saturated carbocycles. The fourth-order valence-electron chi connectivity index (χ4n) is 3.67. The molecule has 0 aliphatic rings. The second-order valence-corrected chi connectivity index (χ2v) is 10.4. The number of nitrogens with one attached hydrogen (secondary N) is 2. The maximum Gasteiger partial charge on any atom is 0.408 e. The number of allylic oxidation sites excluding steroid dienone is 2. The number of aromatic hydroxyl groups is 1. The van der Waals surface area contributed by atoms with Crippen LogP contribution >= 0.6 is 0 Å². The van der Waals surface area contributed by atoms with E-state index in [1.807, 2.05) is 30.3 Å². The Morgan fingerprint density at radius 2 is 1.34 bits per heavy atom. The molecule has 0 bridgehead atoms. The minimum Gasteiger partial charge on any atom is -0.508 e. The molecular weight excluding hydrogens is 520 g/mol. The average Bonchev–Trinajstić information content (AvgIpc) is 2.91. The SMILES string of the molecule is CC(C)(C)OC(=O)N[C@@H](Cc1ccccc1)C(=O)Nc1ccc(/C=C/C(=O)CC(=O)/C=C/c2ccc(O)cc2)cc1. The summed E-state index contributed by atoms with van der Waals surface area (Å²) in [5.74, 6) is -0.959. The molecule has 0 aliphatic heterocycles. The molecule has 3 aromatic carbocycles. The summed E-state index contributed by atoms with van der Waals surface area (Å²) in [4.78, 5) is 49.8. The Morgan fingerprint density at radius 1 is 0.805 bits per heavy atom. The van der Waals surface area contributed by atoms with Crippen LogP contribution in [0.15, 0.2) is 91.0 Å². The molecule has 8 heteroatoms. The van der Waals surface area contributed by atoms with E-state index in [1.54, 1.807) is 69.3 Å². The number of ether oxygens (including phenoxy) is 1. The van der Waals surface area contributed by atoms with Crippen LogP contribution in [0.4, 0.5) is 10.5 Å². The Morgan fingerprint density at radius 3 is 1.88 bits per heavy atom. The fourth-order valence-corrected chi connectivity index (χ4v) is 3.67. The van der Waals surface area contributed by atoms with Crippen LogP contribution in [0.2, 0.25) is 0 Å². The third-order valence-corrected chi connectivity index (χ3v) is 5.63. The molecular formula is C33H34N2O6. The first-order valence-corrected chi connectivity index (χ1v) is 13.1. The Balaban J connectivity index is 1.57. The summed E-state index contributed by atoms with van der Waals surface area (Å²) in [6.45, 7) is 5.24. The zero-order chi connectivity index (χ0) is 29.8. The van der Waals surface area contributed by atoms with Crippen LogP contribution in [0.5, 0.6) is 5.75 Å². The first kappa shape index (κ1) is 30.6. The van der Waals surface area contributed by atoms with Crippen molar-refractivity contribution in [3.63, 3.8) is 0 Å². The lowest BCUT2D eigenvalue weighted by atomic mass is 10.1. The highest BCUT2D eigenvalue weighted by atomic mass is 16.6. The smallest absolute Gasteiger partial charge is 0.408 e. The highest BCUT2D eigenvalue weighted by molar-refractivity contribution is 6.10. The molecule has 0 aliphatic carbocycles. The van der Waals surface area contributed by atoms with Crippen molar-refractivity contribution >= 4 is 41.4 Å². The molecule has 0 fully saturated rings. The van der Waals surface area contributed by atoms with Gasteiger partial charge in [0.15, 0.2) is 11.6 Å². The van der Waals surface area contributed by atoms with Crippen molar-refractivity contribution < 1.29 is 29.0 Å². The van der Waals surface area contributed by atoms with E-state index in [0.29, 0.717) is 11.3 Å². The number of alkyl carbamates (subject to hydrolysis) is 1. The van der Waals surface area contributed by atoms with Gasteiger partial charge in [-0.3, -0.25) is 14.4 Å². The molecule has 2 amide bonds. The Hall–Kier alpha value is -4.98. The summed E-state index contributed by atoms with van der Waals surface area (Å²) in [6.07, 6.45) is 5.16. The third kappa shape index (κ3) is 11.3. The van der Waals surface area contributed by atoms with E-state index in [-0.39, 0.29) is 30.2 Å². The van der Waals surface area contributed by atoms with Crippen LogP contribution in [-0.4, -0.2) is 40.3 Å². The van der Waals surface area contributed by atoms with Crippen molar-refractivity contribution in [1.82, 2.24) is 5.32 Å². The van der Waals surface area contributed by atoms with E-state index in [4.69, 9.17) is 4.74 Å². The van der Waals surface area contributed by atoms with Gasteiger partial charge in [0.25, 0.3) is 0 Å². The number of hydrogen-bond acceptors (Lipinski definition) is 6. The second kappa shape index (κ2) is 14.4. The van der Waals surface area contributed by atoms with Gasteiger partial charge in [-0.05, 0) is 73.9 Å². The normalized spacial score (nSPS) is 12.2. The molecule has 212 valence electrons. The van der Waals surface area contributed by atoms with E-state index in [2.05, 4.69) is 10.6 Å². The van der Waals surface area contributed by atoms with Gasteiger partial charge in [0.05, 0.1) is 6.42 Å². The molecule has 0 saturated heterocycles. The van der Waals surface area contributed by atoms with Gasteiger partial charge in [-0.15, -0.1) is 0 Å². The summed E-state index contributed by atoms with van der Waals surface area (Å²) in [5.41, 5.74) is 2.12. The number of phenolic OH excluding ortho intramolecular Hbond substituents is 1. The number of anilines is 1. The van der Waals surface area contributed by atoms with E-state index < -0.39 is 23.6 Å². The molecule has 1 atom stereocenters. The van der Waals surface area contributed by atoms with Gasteiger partial charge in [0.2, 0.25) is 5.91 Å². The zero-order valence-electron chi connectivity index (χ0n) is 23.3. The number of carbonyl (C=O) groups excluding carboxylic acids is 4. The first-order chi connectivity index (χ1) is 19.5. The van der Waals surface area contributed by atoms with E-state index in [0.717, 1.165) is 11.1 Å². The predicted molar refractivity (Wildman–Crippen MR) is 159 cm³/mol.